The number of nitro groups is 2. The summed E-state index contributed by atoms with van der Waals surface area (Å²) in [6.45, 7) is 0. The number of nitrogens with one attached hydrogen (secondary N) is 1. The van der Waals surface area contributed by atoms with Gasteiger partial charge in [-0.2, -0.15) is 0 Å². The number of hydrogen-bond acceptors (Lipinski definition) is 6. The zero-order chi connectivity index (χ0) is 17.9. The number of benzene rings is 2. The Morgan fingerprint density at radius 1 is 1.12 bits per heavy atom. The van der Waals surface area contributed by atoms with Gasteiger partial charge in [-0.25, -0.2) is 0 Å². The van der Waals surface area contributed by atoms with Crippen LogP contribution in [0.25, 0.3) is 0 Å². The number of hydrogen-bond donors (Lipinski definition) is 1. The number of carbonyl (C=O) groups excluding carboxylic acids is 1. The molecule has 124 valence electrons. The summed E-state index contributed by atoms with van der Waals surface area (Å²) < 4.78 is 5.07. The molecule has 0 spiro atoms. The van der Waals surface area contributed by atoms with E-state index in [2.05, 4.69) is 5.32 Å². The Balaban J connectivity index is 2.42. The fourth-order valence-corrected chi connectivity index (χ4v) is 2.12. The van der Waals surface area contributed by atoms with Crippen LogP contribution in [0, 0.1) is 20.2 Å². The fourth-order valence-electron chi connectivity index (χ4n) is 1.94. The standard InChI is InChI=1S/C14H10ClN3O6/c1-24-13-5-2-8(15)6-11(13)16-14(19)10-4-3-9(17(20)21)7-12(10)18(22)23/h2-7H,1H3,(H,16,19). The quantitative estimate of drug-likeness (QED) is 0.650. The Kier molecular flexibility index (Phi) is 4.95. The maximum absolute atomic E-state index is 12.3. The van der Waals surface area contributed by atoms with Crippen LogP contribution < -0.4 is 10.1 Å². The first kappa shape index (κ1) is 17.2. The molecule has 2 rings (SSSR count). The molecule has 0 unspecified atom stereocenters. The number of anilines is 1. The van der Waals surface area contributed by atoms with Crippen molar-refractivity contribution in [2.45, 2.75) is 0 Å². The molecular weight excluding hydrogens is 342 g/mol. The molecule has 1 N–H and O–H groups in total. The van der Waals surface area contributed by atoms with Crippen LogP contribution in [0.4, 0.5) is 17.1 Å². The summed E-state index contributed by atoms with van der Waals surface area (Å²) in [6.07, 6.45) is 0. The average Bonchev–Trinajstić information content (AvgIpc) is 2.54. The first-order valence-electron chi connectivity index (χ1n) is 6.41. The van der Waals surface area contributed by atoms with Crippen LogP contribution in [-0.2, 0) is 0 Å². The van der Waals surface area contributed by atoms with Gasteiger partial charge in [0.05, 0.1) is 28.7 Å². The molecule has 1 amide bonds. The van der Waals surface area contributed by atoms with Gasteiger partial charge in [-0.05, 0) is 24.3 Å². The summed E-state index contributed by atoms with van der Waals surface area (Å²) in [6, 6.07) is 7.23. The van der Waals surface area contributed by atoms with Crippen LogP contribution >= 0.6 is 11.6 Å². The second-order valence-corrected chi connectivity index (χ2v) is 4.95. The molecule has 0 atom stereocenters. The van der Waals surface area contributed by atoms with Crippen LogP contribution in [0.3, 0.4) is 0 Å². The van der Waals surface area contributed by atoms with Gasteiger partial charge in [0.2, 0.25) is 0 Å². The molecule has 0 aliphatic heterocycles. The highest BCUT2D eigenvalue weighted by Gasteiger charge is 2.24. The largest absolute Gasteiger partial charge is 0.495 e. The second kappa shape index (κ2) is 6.92. The van der Waals surface area contributed by atoms with Crippen molar-refractivity contribution in [3.05, 3.63) is 67.2 Å². The molecule has 2 aromatic carbocycles. The van der Waals surface area contributed by atoms with E-state index in [1.807, 2.05) is 0 Å². The summed E-state index contributed by atoms with van der Waals surface area (Å²) in [7, 11) is 1.38. The number of carbonyl (C=O) groups is 1. The van der Waals surface area contributed by atoms with E-state index in [-0.39, 0.29) is 11.3 Å². The Morgan fingerprint density at radius 2 is 1.83 bits per heavy atom. The molecule has 0 aliphatic rings. The highest BCUT2D eigenvalue weighted by molar-refractivity contribution is 6.31. The lowest BCUT2D eigenvalue weighted by Crippen LogP contribution is -2.14. The van der Waals surface area contributed by atoms with Gasteiger partial charge >= 0.3 is 0 Å². The molecule has 0 saturated heterocycles. The van der Waals surface area contributed by atoms with Gasteiger partial charge in [-0.15, -0.1) is 0 Å². The minimum atomic E-state index is -0.864. The van der Waals surface area contributed by atoms with Crippen molar-refractivity contribution in [2.24, 2.45) is 0 Å². The van der Waals surface area contributed by atoms with E-state index >= 15 is 0 Å². The van der Waals surface area contributed by atoms with Gasteiger partial charge in [0.1, 0.15) is 11.3 Å². The van der Waals surface area contributed by atoms with Gasteiger partial charge < -0.3 is 10.1 Å². The summed E-state index contributed by atoms with van der Waals surface area (Å²) in [5.41, 5.74) is -1.28. The minimum absolute atomic E-state index is 0.211. The average molecular weight is 352 g/mol. The molecule has 0 radical (unpaired) electrons. The molecular formula is C14H10ClN3O6. The number of nitrogens with zero attached hydrogens (tertiary/aromatic N) is 2. The number of nitro benzene ring substituents is 2. The van der Waals surface area contributed by atoms with Crippen LogP contribution in [0.2, 0.25) is 5.02 Å². The molecule has 24 heavy (non-hydrogen) atoms. The van der Waals surface area contributed by atoms with Gasteiger partial charge in [-0.1, -0.05) is 11.6 Å². The molecule has 0 aromatic heterocycles. The predicted octanol–water partition coefficient (Wildman–Crippen LogP) is 3.42. The van der Waals surface area contributed by atoms with E-state index in [0.717, 1.165) is 18.2 Å². The third-order valence-corrected chi connectivity index (χ3v) is 3.28. The zero-order valence-corrected chi connectivity index (χ0v) is 12.9. The SMILES string of the molecule is COc1ccc(Cl)cc1NC(=O)c1ccc([N+](=O)[O-])cc1[N+](=O)[O-]. The third-order valence-electron chi connectivity index (χ3n) is 3.04. The van der Waals surface area contributed by atoms with Gasteiger partial charge in [-0.3, -0.25) is 25.0 Å². The number of amides is 1. The molecule has 0 bridgehead atoms. The second-order valence-electron chi connectivity index (χ2n) is 4.51. The minimum Gasteiger partial charge on any atom is -0.495 e. The molecule has 2 aromatic rings. The molecule has 0 fully saturated rings. The number of methoxy groups -OCH3 is 1. The monoisotopic (exact) mass is 351 g/mol. The van der Waals surface area contributed by atoms with E-state index < -0.39 is 27.1 Å². The highest BCUT2D eigenvalue weighted by atomic mass is 35.5. The predicted molar refractivity (Wildman–Crippen MR) is 85.7 cm³/mol. The van der Waals surface area contributed by atoms with Crippen LogP contribution in [0.1, 0.15) is 10.4 Å². The van der Waals surface area contributed by atoms with E-state index in [1.165, 1.54) is 19.2 Å². The van der Waals surface area contributed by atoms with Crippen LogP contribution in [-0.4, -0.2) is 22.9 Å². The van der Waals surface area contributed by atoms with E-state index in [9.17, 15) is 25.0 Å². The van der Waals surface area contributed by atoms with Crippen LogP contribution in [0.15, 0.2) is 36.4 Å². The Morgan fingerprint density at radius 3 is 2.42 bits per heavy atom. The van der Waals surface area contributed by atoms with Gasteiger partial charge in [0.15, 0.2) is 0 Å². The summed E-state index contributed by atoms with van der Waals surface area (Å²) in [5, 5.41) is 24.6. The van der Waals surface area contributed by atoms with E-state index in [4.69, 9.17) is 16.3 Å². The molecule has 0 aliphatic carbocycles. The lowest BCUT2D eigenvalue weighted by molar-refractivity contribution is -0.394. The van der Waals surface area contributed by atoms with E-state index in [1.54, 1.807) is 6.07 Å². The summed E-state index contributed by atoms with van der Waals surface area (Å²) in [4.78, 5) is 32.5. The van der Waals surface area contributed by atoms with Crippen molar-refractivity contribution in [3.8, 4) is 5.75 Å². The Labute approximate surface area is 140 Å². The van der Waals surface area contributed by atoms with Crippen molar-refractivity contribution in [2.75, 3.05) is 12.4 Å². The van der Waals surface area contributed by atoms with Crippen molar-refractivity contribution < 1.29 is 19.4 Å². The normalized spacial score (nSPS) is 10.1. The first-order chi connectivity index (χ1) is 11.3. The number of halogens is 1. The number of rotatable bonds is 5. The maximum atomic E-state index is 12.3. The number of non-ortho nitro benzene ring substituents is 1. The Bertz CT molecular complexity index is 839. The smallest absolute Gasteiger partial charge is 0.289 e. The van der Waals surface area contributed by atoms with Crippen molar-refractivity contribution in [3.63, 3.8) is 0 Å². The summed E-state index contributed by atoms with van der Waals surface area (Å²) >= 11 is 5.85. The Hall–Kier alpha value is -3.20. The van der Waals surface area contributed by atoms with Crippen molar-refractivity contribution in [1.82, 2.24) is 0 Å². The first-order valence-corrected chi connectivity index (χ1v) is 6.79. The van der Waals surface area contributed by atoms with Gasteiger partial charge in [0, 0.05) is 11.1 Å². The van der Waals surface area contributed by atoms with Crippen molar-refractivity contribution in [1.29, 1.82) is 0 Å². The molecule has 10 heteroatoms. The fraction of sp³-hybridized carbons (Fsp3) is 0.0714. The lowest BCUT2D eigenvalue weighted by Gasteiger charge is -2.10. The lowest BCUT2D eigenvalue weighted by atomic mass is 10.1. The van der Waals surface area contributed by atoms with Gasteiger partial charge in [0.25, 0.3) is 17.3 Å². The highest BCUT2D eigenvalue weighted by Crippen LogP contribution is 2.30. The molecule has 0 heterocycles. The zero-order valence-electron chi connectivity index (χ0n) is 12.2. The topological polar surface area (TPSA) is 125 Å². The molecule has 9 nitrogen and oxygen atoms in total. The molecule has 0 saturated carbocycles. The van der Waals surface area contributed by atoms with Crippen molar-refractivity contribution >= 4 is 34.6 Å². The maximum Gasteiger partial charge on any atom is 0.289 e. The van der Waals surface area contributed by atoms with Crippen LogP contribution in [0.5, 0.6) is 5.75 Å². The summed E-state index contributed by atoms with van der Waals surface area (Å²) in [5.74, 6) is -0.519. The van der Waals surface area contributed by atoms with E-state index in [0.29, 0.717) is 10.8 Å². The number of ether oxygens (including phenoxy) is 1. The third kappa shape index (κ3) is 3.58.